The first-order chi connectivity index (χ1) is 9.99. The highest BCUT2D eigenvalue weighted by Crippen LogP contribution is 2.34. The van der Waals surface area contributed by atoms with Crippen molar-refractivity contribution in [2.45, 2.75) is 13.8 Å². The number of rotatable bonds is 2. The largest absolute Gasteiger partial charge is 0.477 e. The van der Waals surface area contributed by atoms with E-state index in [1.54, 1.807) is 12.1 Å². The molecule has 3 nitrogen and oxygen atoms in total. The summed E-state index contributed by atoms with van der Waals surface area (Å²) in [6, 6.07) is 9.73. The maximum absolute atomic E-state index is 13.1. The van der Waals surface area contributed by atoms with Crippen LogP contribution in [0.1, 0.15) is 21.6 Å². The first-order valence-corrected chi connectivity index (χ1v) is 6.60. The SMILES string of the molecule is Cc1ccc2c(-c3ccc(F)cc3)c(C(=O)O)[nH]c2c1C. The molecular weight excluding hydrogens is 269 g/mol. The van der Waals surface area contributed by atoms with Crippen molar-refractivity contribution in [1.82, 2.24) is 4.98 Å². The van der Waals surface area contributed by atoms with Crippen molar-refractivity contribution in [2.75, 3.05) is 0 Å². The number of aromatic amines is 1. The van der Waals surface area contributed by atoms with Gasteiger partial charge in [0.25, 0.3) is 0 Å². The lowest BCUT2D eigenvalue weighted by molar-refractivity contribution is 0.0692. The molecule has 2 aromatic carbocycles. The Morgan fingerprint density at radius 3 is 2.38 bits per heavy atom. The number of benzene rings is 2. The Balaban J connectivity index is 2.39. The van der Waals surface area contributed by atoms with Gasteiger partial charge in [-0.2, -0.15) is 0 Å². The molecule has 3 aromatic rings. The number of carboxylic acid groups (broad SMARTS) is 1. The van der Waals surface area contributed by atoms with Gasteiger partial charge >= 0.3 is 5.97 Å². The minimum Gasteiger partial charge on any atom is -0.477 e. The van der Waals surface area contributed by atoms with E-state index in [0.717, 1.165) is 22.0 Å². The zero-order valence-electron chi connectivity index (χ0n) is 11.7. The molecule has 1 heterocycles. The summed E-state index contributed by atoms with van der Waals surface area (Å²) >= 11 is 0. The Labute approximate surface area is 121 Å². The molecule has 21 heavy (non-hydrogen) atoms. The molecule has 0 saturated heterocycles. The van der Waals surface area contributed by atoms with Gasteiger partial charge in [0.1, 0.15) is 11.5 Å². The van der Waals surface area contributed by atoms with Gasteiger partial charge < -0.3 is 10.1 Å². The van der Waals surface area contributed by atoms with Crippen LogP contribution in [-0.2, 0) is 0 Å². The maximum Gasteiger partial charge on any atom is 0.352 e. The number of aryl methyl sites for hydroxylation is 2. The minimum absolute atomic E-state index is 0.130. The first-order valence-electron chi connectivity index (χ1n) is 6.60. The summed E-state index contributed by atoms with van der Waals surface area (Å²) in [7, 11) is 0. The molecule has 0 amide bonds. The fourth-order valence-electron chi connectivity index (χ4n) is 2.58. The number of nitrogens with one attached hydrogen (secondary N) is 1. The van der Waals surface area contributed by atoms with E-state index in [-0.39, 0.29) is 11.5 Å². The molecular formula is C17H14FNO2. The zero-order valence-corrected chi connectivity index (χ0v) is 11.7. The van der Waals surface area contributed by atoms with Crippen LogP contribution in [0.5, 0.6) is 0 Å². The van der Waals surface area contributed by atoms with E-state index in [4.69, 9.17) is 0 Å². The Kier molecular flexibility index (Phi) is 3.01. The van der Waals surface area contributed by atoms with Crippen LogP contribution in [0.25, 0.3) is 22.0 Å². The quantitative estimate of drug-likeness (QED) is 0.737. The molecule has 0 aliphatic carbocycles. The lowest BCUT2D eigenvalue weighted by atomic mass is 9.99. The lowest BCUT2D eigenvalue weighted by Gasteiger charge is -2.04. The van der Waals surface area contributed by atoms with E-state index in [1.807, 2.05) is 26.0 Å². The summed E-state index contributed by atoms with van der Waals surface area (Å²) in [4.78, 5) is 14.5. The third-order valence-electron chi connectivity index (χ3n) is 3.85. The predicted molar refractivity (Wildman–Crippen MR) is 80.1 cm³/mol. The maximum atomic E-state index is 13.1. The average Bonchev–Trinajstić information content (AvgIpc) is 2.84. The van der Waals surface area contributed by atoms with Crippen LogP contribution in [0.4, 0.5) is 4.39 Å². The molecule has 0 unspecified atom stereocenters. The van der Waals surface area contributed by atoms with Crippen molar-refractivity contribution < 1.29 is 14.3 Å². The summed E-state index contributed by atoms with van der Waals surface area (Å²) in [5.74, 6) is -1.37. The third-order valence-corrected chi connectivity index (χ3v) is 3.85. The molecule has 3 rings (SSSR count). The van der Waals surface area contributed by atoms with Crippen LogP contribution in [0.3, 0.4) is 0 Å². The molecule has 106 valence electrons. The Hall–Kier alpha value is -2.62. The highest BCUT2D eigenvalue weighted by atomic mass is 19.1. The van der Waals surface area contributed by atoms with Gasteiger partial charge in [0.2, 0.25) is 0 Å². The molecule has 0 saturated carbocycles. The molecule has 0 bridgehead atoms. The van der Waals surface area contributed by atoms with Gasteiger partial charge in [-0.3, -0.25) is 0 Å². The van der Waals surface area contributed by atoms with E-state index in [9.17, 15) is 14.3 Å². The summed E-state index contributed by atoms with van der Waals surface area (Å²) < 4.78 is 13.1. The first kappa shape index (κ1) is 13.4. The number of halogens is 1. The van der Waals surface area contributed by atoms with E-state index in [0.29, 0.717) is 11.1 Å². The number of carboxylic acids is 1. The van der Waals surface area contributed by atoms with Crippen molar-refractivity contribution >= 4 is 16.9 Å². The van der Waals surface area contributed by atoms with E-state index >= 15 is 0 Å². The number of carbonyl (C=O) groups is 1. The number of hydrogen-bond acceptors (Lipinski definition) is 1. The predicted octanol–water partition coefficient (Wildman–Crippen LogP) is 4.29. The Morgan fingerprint density at radius 2 is 1.76 bits per heavy atom. The van der Waals surface area contributed by atoms with Crippen molar-refractivity contribution in [3.05, 3.63) is 59.0 Å². The molecule has 0 atom stereocenters. The standard InChI is InChI=1S/C17H14FNO2/c1-9-3-8-13-14(11-4-6-12(18)7-5-11)16(17(20)21)19-15(13)10(9)2/h3-8,19H,1-2H3,(H,20,21). The number of fused-ring (bicyclic) bond motifs is 1. The van der Waals surface area contributed by atoms with Gasteiger partial charge in [0.15, 0.2) is 0 Å². The van der Waals surface area contributed by atoms with Gasteiger partial charge in [-0.1, -0.05) is 24.3 Å². The van der Waals surface area contributed by atoms with E-state index in [2.05, 4.69) is 4.98 Å². The molecule has 0 aliphatic heterocycles. The van der Waals surface area contributed by atoms with Crippen LogP contribution < -0.4 is 0 Å². The highest BCUT2D eigenvalue weighted by molar-refractivity contribution is 6.08. The summed E-state index contributed by atoms with van der Waals surface area (Å²) in [5.41, 5.74) is 4.33. The van der Waals surface area contributed by atoms with Crippen molar-refractivity contribution in [3.63, 3.8) is 0 Å². The zero-order chi connectivity index (χ0) is 15.1. The molecule has 0 aliphatic rings. The fraction of sp³-hybridized carbons (Fsp3) is 0.118. The fourth-order valence-corrected chi connectivity index (χ4v) is 2.58. The number of aromatic carboxylic acids is 1. The van der Waals surface area contributed by atoms with Crippen LogP contribution >= 0.6 is 0 Å². The van der Waals surface area contributed by atoms with Gasteiger partial charge in [0.05, 0.1) is 0 Å². The Morgan fingerprint density at radius 1 is 1.10 bits per heavy atom. The normalized spacial score (nSPS) is 11.0. The van der Waals surface area contributed by atoms with Crippen LogP contribution in [0.15, 0.2) is 36.4 Å². The molecule has 0 radical (unpaired) electrons. The van der Waals surface area contributed by atoms with E-state index in [1.165, 1.54) is 12.1 Å². The van der Waals surface area contributed by atoms with Crippen LogP contribution in [0, 0.1) is 19.7 Å². The van der Waals surface area contributed by atoms with Crippen LogP contribution in [-0.4, -0.2) is 16.1 Å². The minimum atomic E-state index is -1.03. The monoisotopic (exact) mass is 283 g/mol. The molecule has 2 N–H and O–H groups in total. The number of aromatic nitrogens is 1. The summed E-state index contributed by atoms with van der Waals surface area (Å²) in [6.07, 6.45) is 0. The average molecular weight is 283 g/mol. The third kappa shape index (κ3) is 2.09. The van der Waals surface area contributed by atoms with Crippen LogP contribution in [0.2, 0.25) is 0 Å². The number of hydrogen-bond donors (Lipinski definition) is 2. The van der Waals surface area contributed by atoms with Gasteiger partial charge in [-0.25, -0.2) is 9.18 Å². The second kappa shape index (κ2) is 4.74. The highest BCUT2D eigenvalue weighted by Gasteiger charge is 2.19. The Bertz CT molecular complexity index is 847. The molecule has 4 heteroatoms. The summed E-state index contributed by atoms with van der Waals surface area (Å²) in [5, 5.41) is 10.3. The van der Waals surface area contributed by atoms with Crippen molar-refractivity contribution in [3.8, 4) is 11.1 Å². The van der Waals surface area contributed by atoms with E-state index < -0.39 is 5.97 Å². The molecule has 1 aromatic heterocycles. The topological polar surface area (TPSA) is 53.1 Å². The molecule has 0 spiro atoms. The summed E-state index contributed by atoms with van der Waals surface area (Å²) in [6.45, 7) is 3.93. The van der Waals surface area contributed by atoms with Gasteiger partial charge in [-0.05, 0) is 42.7 Å². The second-order valence-corrected chi connectivity index (χ2v) is 5.12. The number of H-pyrrole nitrogens is 1. The van der Waals surface area contributed by atoms with Crippen molar-refractivity contribution in [1.29, 1.82) is 0 Å². The molecule has 0 fully saturated rings. The second-order valence-electron chi connectivity index (χ2n) is 5.12. The van der Waals surface area contributed by atoms with Crippen molar-refractivity contribution in [2.24, 2.45) is 0 Å². The lowest BCUT2D eigenvalue weighted by Crippen LogP contribution is -1.98. The van der Waals surface area contributed by atoms with Gasteiger partial charge in [0, 0.05) is 16.5 Å². The smallest absolute Gasteiger partial charge is 0.352 e. The van der Waals surface area contributed by atoms with Gasteiger partial charge in [-0.15, -0.1) is 0 Å².